The topological polar surface area (TPSA) is 22.3 Å². The first-order chi connectivity index (χ1) is 1.41. The molecule has 0 aliphatic carbocycles. The van der Waals surface area contributed by atoms with E-state index in [1.54, 1.807) is 0 Å². The molecule has 0 atom stereocenters. The van der Waals surface area contributed by atoms with Crippen molar-refractivity contribution >= 4 is 33.3 Å². The maximum atomic E-state index is 7.71. The number of halogens is 1. The fourth-order valence-electron chi connectivity index (χ4n) is 0. The van der Waals surface area contributed by atoms with E-state index < -0.39 is 13.7 Å². The molecular weight excluding hydrogens is 438 g/mol. The van der Waals surface area contributed by atoms with Crippen molar-refractivity contribution in [2.24, 2.45) is 0 Å². The van der Waals surface area contributed by atoms with Crippen LogP contribution in [-0.2, 0) is 0 Å². The van der Waals surface area contributed by atoms with E-state index in [-0.39, 0.29) is 44.1 Å². The second-order valence-corrected chi connectivity index (χ2v) is 3.40. The summed E-state index contributed by atoms with van der Waals surface area (Å²) in [6.45, 7) is 0. The molecule has 0 aliphatic rings. The summed E-state index contributed by atoms with van der Waals surface area (Å²) in [4.78, 5) is 0. The van der Waals surface area contributed by atoms with Gasteiger partial charge in [-0.25, -0.2) is 0 Å². The van der Waals surface area contributed by atoms with E-state index in [0.29, 0.717) is 0 Å². The predicted octanol–water partition coefficient (Wildman–Crippen LogP) is 0.794. The first kappa shape index (κ1) is 9.79. The van der Waals surface area contributed by atoms with Gasteiger partial charge in [-0.3, -0.25) is 0 Å². The van der Waals surface area contributed by atoms with Crippen molar-refractivity contribution in [3.8, 4) is 0 Å². The molecule has 0 aromatic rings. The standard InChI is InChI=1S/Ac.Ga.HI.N/h;;1H;/q;+1;;-1/p-1. The maximum absolute atomic E-state index is 7.71. The van der Waals surface area contributed by atoms with Crippen molar-refractivity contribution in [2.75, 3.05) is 0 Å². The summed E-state index contributed by atoms with van der Waals surface area (Å²) >= 11 is 1.28. The Kier molecular flexibility index (Phi) is 22.4. The van der Waals surface area contributed by atoms with Gasteiger partial charge in [0, 0.05) is 44.1 Å². The van der Waals surface area contributed by atoms with Crippen LogP contribution in [0.25, 0.3) is 4.06 Å². The molecule has 0 amide bonds. The molecule has 0 bridgehead atoms. The molecule has 0 rings (SSSR count). The number of nitrogens with zero attached hydrogens (tertiary/aromatic N) is 1. The second kappa shape index (κ2) is 9.15. The van der Waals surface area contributed by atoms with Crippen molar-refractivity contribution in [1.82, 2.24) is 0 Å². The molecule has 0 saturated carbocycles. The van der Waals surface area contributed by atoms with Gasteiger partial charge < -0.3 is 0 Å². The molecule has 0 aliphatic heterocycles. The van der Waals surface area contributed by atoms with Gasteiger partial charge in [0.15, 0.2) is 0 Å². The van der Waals surface area contributed by atoms with Crippen LogP contribution in [0.15, 0.2) is 0 Å². The molecule has 0 fully saturated rings. The SMILES string of the molecule is [Ac].[N-]=[Ga][I]. The van der Waals surface area contributed by atoms with Crippen molar-refractivity contribution < 1.29 is 44.1 Å². The minimum absolute atomic E-state index is 0. The molecule has 4 heavy (non-hydrogen) atoms. The summed E-state index contributed by atoms with van der Waals surface area (Å²) in [6, 6.07) is 0. The Morgan fingerprint density at radius 2 is 1.75 bits per heavy atom. The van der Waals surface area contributed by atoms with Crippen LogP contribution in [0.2, 0.25) is 0 Å². The van der Waals surface area contributed by atoms with Crippen LogP contribution in [0, 0.1) is 44.1 Å². The average molecular weight is 438 g/mol. The van der Waals surface area contributed by atoms with Gasteiger partial charge in [-0.15, -0.1) is 0 Å². The zero-order valence-corrected chi connectivity index (χ0v) is 11.3. The van der Waals surface area contributed by atoms with Crippen LogP contribution in [0.3, 0.4) is 0 Å². The Morgan fingerprint density at radius 3 is 1.75 bits per heavy atom. The molecule has 19 valence electrons. The number of hydrogen-bond donors (Lipinski definition) is 0. The van der Waals surface area contributed by atoms with Gasteiger partial charge in [-0.05, 0) is 0 Å². The zero-order valence-electron chi connectivity index (χ0n) is 1.98. The third-order valence-corrected chi connectivity index (χ3v) is 0. The monoisotopic (exact) mass is 437 g/mol. The Morgan fingerprint density at radius 1 is 1.75 bits per heavy atom. The minimum atomic E-state index is -0.718. The summed E-state index contributed by atoms with van der Waals surface area (Å²) in [5.74, 6) is 0. The normalized spacial score (nSPS) is 2.25. The van der Waals surface area contributed by atoms with Crippen LogP contribution in [0.4, 0.5) is 0 Å². The summed E-state index contributed by atoms with van der Waals surface area (Å²) in [5, 5.41) is 0. The average Bonchev–Trinajstić information content (AvgIpc) is 0.918. The Bertz CT molecular complexity index is 15.5. The fourth-order valence-corrected chi connectivity index (χ4v) is 0. The molecule has 0 spiro atoms. The van der Waals surface area contributed by atoms with Crippen LogP contribution in [-0.4, -0.2) is 13.7 Å². The van der Waals surface area contributed by atoms with Gasteiger partial charge in [-0.1, -0.05) is 0 Å². The second-order valence-electron chi connectivity index (χ2n) is 0.0976. The summed E-state index contributed by atoms with van der Waals surface area (Å²) in [6.07, 6.45) is 0. The van der Waals surface area contributed by atoms with Crippen LogP contribution in [0.5, 0.6) is 0 Å². The molecule has 0 saturated heterocycles. The van der Waals surface area contributed by atoms with Crippen molar-refractivity contribution in [2.45, 2.75) is 0 Å². The van der Waals surface area contributed by atoms with Gasteiger partial charge in [-0.2, -0.15) is 0 Å². The van der Waals surface area contributed by atoms with E-state index in [1.165, 1.54) is 0 Å². The van der Waals surface area contributed by atoms with Gasteiger partial charge in [0.2, 0.25) is 0 Å². The molecule has 0 N–H and O–H groups in total. The van der Waals surface area contributed by atoms with E-state index in [2.05, 4.69) is 0 Å². The Hall–Kier alpha value is 2.61. The third-order valence-electron chi connectivity index (χ3n) is 0. The summed E-state index contributed by atoms with van der Waals surface area (Å²) in [5.41, 5.74) is 0. The third kappa shape index (κ3) is 8.82. The number of rotatable bonds is 0. The van der Waals surface area contributed by atoms with Gasteiger partial charge in [0.25, 0.3) is 0 Å². The van der Waals surface area contributed by atoms with Crippen molar-refractivity contribution in [1.29, 1.82) is 0 Å². The fraction of sp³-hybridized carbons (Fsp3) is 0. The first-order valence-corrected chi connectivity index (χ1v) is 8.95. The molecule has 0 unspecified atom stereocenters. The predicted molar refractivity (Wildman–Crippen MR) is 23.1 cm³/mol. The number of hydrogen-bond acceptors (Lipinski definition) is 0. The molecule has 4 heteroatoms. The van der Waals surface area contributed by atoms with E-state index in [0.717, 1.165) is 0 Å². The van der Waals surface area contributed by atoms with Crippen molar-refractivity contribution in [3.05, 3.63) is 4.06 Å². The van der Waals surface area contributed by atoms with E-state index >= 15 is 0 Å². The Balaban J connectivity index is 0. The molecule has 1 nitrogen and oxygen atoms in total. The van der Waals surface area contributed by atoms with E-state index in [1.807, 2.05) is 19.7 Å². The summed E-state index contributed by atoms with van der Waals surface area (Å²) in [7, 11) is 0. The Labute approximate surface area is 79.4 Å². The molecule has 1 radical (unpaired) electrons. The zero-order chi connectivity index (χ0) is 2.71. The summed E-state index contributed by atoms with van der Waals surface area (Å²) < 4.78 is 7.71. The van der Waals surface area contributed by atoms with Gasteiger partial charge >= 0.3 is 37.4 Å². The molecule has 0 aromatic carbocycles. The van der Waals surface area contributed by atoms with Gasteiger partial charge in [0.05, 0.1) is 0 Å². The molecule has 0 aromatic heterocycles. The molecule has 0 heterocycles. The quantitative estimate of drug-likeness (QED) is 0.395. The first-order valence-electron chi connectivity index (χ1n) is 0.476. The van der Waals surface area contributed by atoms with Gasteiger partial charge in [0.1, 0.15) is 0 Å². The van der Waals surface area contributed by atoms with Crippen LogP contribution < -0.4 is 0 Å². The van der Waals surface area contributed by atoms with E-state index in [9.17, 15) is 0 Å². The van der Waals surface area contributed by atoms with Crippen LogP contribution >= 0.6 is 19.7 Å². The van der Waals surface area contributed by atoms with Crippen molar-refractivity contribution in [3.63, 3.8) is 0 Å². The van der Waals surface area contributed by atoms with E-state index in [4.69, 9.17) is 4.06 Å². The molecular formula is AcGaIN-. The van der Waals surface area contributed by atoms with Crippen LogP contribution in [0.1, 0.15) is 0 Å².